The molecule has 7 heteroatoms. The standard InChI is InChI=1S/C15H20O5S2/c1-15(2,7-8-18-13(16)10-21)20-14(17)19-9-11-3-5-12(22)6-4-11/h3-6,21-22H,7-10H2,1-2H3. The molecule has 0 heterocycles. The first-order valence-electron chi connectivity index (χ1n) is 6.72. The van der Waals surface area contributed by atoms with E-state index < -0.39 is 17.7 Å². The zero-order chi connectivity index (χ0) is 16.6. The number of esters is 1. The van der Waals surface area contributed by atoms with Gasteiger partial charge in [0.15, 0.2) is 0 Å². The maximum absolute atomic E-state index is 11.7. The highest BCUT2D eigenvalue weighted by atomic mass is 32.1. The molecular formula is C15H20O5S2. The fourth-order valence-corrected chi connectivity index (χ4v) is 1.74. The SMILES string of the molecule is CC(C)(CCOC(=O)CS)OC(=O)OCc1ccc(S)cc1. The topological polar surface area (TPSA) is 61.8 Å². The Hall–Kier alpha value is -1.34. The largest absolute Gasteiger partial charge is 0.509 e. The first-order valence-corrected chi connectivity index (χ1v) is 7.80. The van der Waals surface area contributed by atoms with Crippen molar-refractivity contribution in [3.05, 3.63) is 29.8 Å². The average molecular weight is 344 g/mol. The van der Waals surface area contributed by atoms with Crippen LogP contribution in [0.5, 0.6) is 0 Å². The Kier molecular flexibility index (Phi) is 7.61. The zero-order valence-electron chi connectivity index (χ0n) is 12.6. The Balaban J connectivity index is 2.33. The molecule has 0 aliphatic carbocycles. The van der Waals surface area contributed by atoms with E-state index in [0.29, 0.717) is 6.42 Å². The van der Waals surface area contributed by atoms with Crippen molar-refractivity contribution in [3.63, 3.8) is 0 Å². The number of rotatable bonds is 7. The Morgan fingerprint density at radius 2 is 1.77 bits per heavy atom. The Morgan fingerprint density at radius 3 is 2.36 bits per heavy atom. The lowest BCUT2D eigenvalue weighted by Crippen LogP contribution is -2.30. The summed E-state index contributed by atoms with van der Waals surface area (Å²) in [6, 6.07) is 7.26. The highest BCUT2D eigenvalue weighted by Crippen LogP contribution is 2.16. The second-order valence-electron chi connectivity index (χ2n) is 5.20. The van der Waals surface area contributed by atoms with Crippen LogP contribution in [0.15, 0.2) is 29.2 Å². The van der Waals surface area contributed by atoms with E-state index in [9.17, 15) is 9.59 Å². The molecule has 0 unspecified atom stereocenters. The van der Waals surface area contributed by atoms with Crippen LogP contribution in [0, 0.1) is 0 Å². The number of benzene rings is 1. The van der Waals surface area contributed by atoms with Crippen molar-refractivity contribution in [1.29, 1.82) is 0 Å². The third-order valence-corrected chi connectivity index (χ3v) is 3.31. The van der Waals surface area contributed by atoms with Crippen LogP contribution in [0.25, 0.3) is 0 Å². The van der Waals surface area contributed by atoms with Gasteiger partial charge in [0.05, 0.1) is 12.4 Å². The third kappa shape index (κ3) is 7.61. The molecule has 0 aromatic heterocycles. The fourth-order valence-electron chi connectivity index (χ4n) is 1.50. The summed E-state index contributed by atoms with van der Waals surface area (Å²) in [5.41, 5.74) is 0.0541. The summed E-state index contributed by atoms with van der Waals surface area (Å²) in [4.78, 5) is 23.5. The molecule has 0 radical (unpaired) electrons. The van der Waals surface area contributed by atoms with Crippen LogP contribution in [0.4, 0.5) is 4.79 Å². The molecule has 122 valence electrons. The number of hydrogen-bond donors (Lipinski definition) is 2. The van der Waals surface area contributed by atoms with E-state index in [-0.39, 0.29) is 19.0 Å². The van der Waals surface area contributed by atoms with Crippen molar-refractivity contribution in [2.75, 3.05) is 12.4 Å². The molecule has 22 heavy (non-hydrogen) atoms. The molecule has 1 rings (SSSR count). The number of carbonyl (C=O) groups excluding carboxylic acids is 2. The van der Waals surface area contributed by atoms with Crippen LogP contribution < -0.4 is 0 Å². The minimum Gasteiger partial charge on any atom is -0.465 e. The summed E-state index contributed by atoms with van der Waals surface area (Å²) < 4.78 is 15.2. The molecule has 5 nitrogen and oxygen atoms in total. The zero-order valence-corrected chi connectivity index (χ0v) is 14.4. The minimum absolute atomic E-state index is 0.0222. The van der Waals surface area contributed by atoms with Gasteiger partial charge in [-0.25, -0.2) is 4.79 Å². The lowest BCUT2D eigenvalue weighted by Gasteiger charge is -2.24. The fraction of sp³-hybridized carbons (Fsp3) is 0.467. The van der Waals surface area contributed by atoms with E-state index in [1.54, 1.807) is 13.8 Å². The van der Waals surface area contributed by atoms with Crippen LogP contribution >= 0.6 is 25.3 Å². The molecule has 0 atom stereocenters. The van der Waals surface area contributed by atoms with E-state index in [2.05, 4.69) is 25.3 Å². The lowest BCUT2D eigenvalue weighted by molar-refractivity contribution is -0.141. The summed E-state index contributed by atoms with van der Waals surface area (Å²) >= 11 is 7.98. The molecule has 1 aromatic rings. The van der Waals surface area contributed by atoms with Gasteiger partial charge in [-0.1, -0.05) is 12.1 Å². The van der Waals surface area contributed by atoms with Crippen molar-refractivity contribution in [3.8, 4) is 0 Å². The third-order valence-electron chi connectivity index (χ3n) is 2.75. The van der Waals surface area contributed by atoms with E-state index in [4.69, 9.17) is 14.2 Å². The van der Waals surface area contributed by atoms with Gasteiger partial charge in [-0.3, -0.25) is 4.79 Å². The van der Waals surface area contributed by atoms with Crippen LogP contribution in [-0.2, 0) is 25.6 Å². The average Bonchev–Trinajstić information content (AvgIpc) is 2.45. The Labute approximate surface area is 141 Å². The summed E-state index contributed by atoms with van der Waals surface area (Å²) in [6.07, 6.45) is -0.392. The van der Waals surface area contributed by atoms with Gasteiger partial charge < -0.3 is 14.2 Å². The van der Waals surface area contributed by atoms with Gasteiger partial charge in [-0.15, -0.1) is 12.6 Å². The molecule has 0 saturated heterocycles. The Bertz CT molecular complexity index is 499. The molecule has 0 bridgehead atoms. The van der Waals surface area contributed by atoms with Crippen molar-refractivity contribution >= 4 is 37.4 Å². The van der Waals surface area contributed by atoms with Crippen LogP contribution in [0.2, 0.25) is 0 Å². The van der Waals surface area contributed by atoms with Crippen LogP contribution in [-0.4, -0.2) is 30.1 Å². The number of thiol groups is 2. The van der Waals surface area contributed by atoms with E-state index in [1.165, 1.54) is 0 Å². The lowest BCUT2D eigenvalue weighted by atomic mass is 10.1. The van der Waals surface area contributed by atoms with Gasteiger partial charge in [0.25, 0.3) is 0 Å². The van der Waals surface area contributed by atoms with Gasteiger partial charge in [0.2, 0.25) is 0 Å². The molecule has 0 amide bonds. The molecular weight excluding hydrogens is 324 g/mol. The number of carbonyl (C=O) groups is 2. The second-order valence-corrected chi connectivity index (χ2v) is 6.03. The maximum Gasteiger partial charge on any atom is 0.509 e. The second kappa shape index (κ2) is 8.95. The summed E-state index contributed by atoms with van der Waals surface area (Å²) in [7, 11) is 0. The molecule has 0 aliphatic rings. The molecule has 0 fully saturated rings. The normalized spacial score (nSPS) is 10.9. The van der Waals surface area contributed by atoms with Gasteiger partial charge >= 0.3 is 12.1 Å². The van der Waals surface area contributed by atoms with Crippen LogP contribution in [0.3, 0.4) is 0 Å². The highest BCUT2D eigenvalue weighted by Gasteiger charge is 2.24. The van der Waals surface area contributed by atoms with Gasteiger partial charge in [-0.05, 0) is 31.5 Å². The van der Waals surface area contributed by atoms with Gasteiger partial charge in [-0.2, -0.15) is 12.6 Å². The van der Waals surface area contributed by atoms with Crippen molar-refractivity contribution in [2.24, 2.45) is 0 Å². The van der Waals surface area contributed by atoms with Crippen molar-refractivity contribution in [2.45, 2.75) is 37.4 Å². The maximum atomic E-state index is 11.7. The predicted octanol–water partition coefficient (Wildman–Crippen LogP) is 3.27. The number of ether oxygens (including phenoxy) is 3. The van der Waals surface area contributed by atoms with Crippen LogP contribution in [0.1, 0.15) is 25.8 Å². The highest BCUT2D eigenvalue weighted by molar-refractivity contribution is 7.81. The summed E-state index contributed by atoms with van der Waals surface area (Å²) in [6.45, 7) is 3.72. The van der Waals surface area contributed by atoms with Crippen molar-refractivity contribution < 1.29 is 23.8 Å². The number of hydrogen-bond acceptors (Lipinski definition) is 7. The van der Waals surface area contributed by atoms with E-state index >= 15 is 0 Å². The summed E-state index contributed by atoms with van der Waals surface area (Å²) in [5.74, 6) is -0.386. The smallest absolute Gasteiger partial charge is 0.465 e. The summed E-state index contributed by atoms with van der Waals surface area (Å²) in [5, 5.41) is 0. The molecule has 0 N–H and O–H groups in total. The molecule has 0 saturated carbocycles. The van der Waals surface area contributed by atoms with E-state index in [0.717, 1.165) is 10.5 Å². The molecule has 0 spiro atoms. The molecule has 0 aliphatic heterocycles. The van der Waals surface area contributed by atoms with Gasteiger partial charge in [0.1, 0.15) is 12.2 Å². The Morgan fingerprint density at radius 1 is 1.14 bits per heavy atom. The quantitative estimate of drug-likeness (QED) is 0.587. The van der Waals surface area contributed by atoms with Gasteiger partial charge in [0, 0.05) is 11.3 Å². The predicted molar refractivity (Wildman–Crippen MR) is 88.5 cm³/mol. The van der Waals surface area contributed by atoms with E-state index in [1.807, 2.05) is 24.3 Å². The van der Waals surface area contributed by atoms with Crippen molar-refractivity contribution in [1.82, 2.24) is 0 Å². The monoisotopic (exact) mass is 344 g/mol. The first kappa shape index (κ1) is 18.7. The molecule has 1 aromatic carbocycles. The minimum atomic E-state index is -0.789. The first-order chi connectivity index (χ1) is 10.3.